The highest BCUT2D eigenvalue weighted by molar-refractivity contribution is 5.78. The highest BCUT2D eigenvalue weighted by atomic mass is 16.5. The average molecular weight is 418 g/mol. The topological polar surface area (TPSA) is 87.7 Å². The van der Waals surface area contributed by atoms with Gasteiger partial charge in [-0.05, 0) is 51.9 Å². The third-order valence-corrected chi connectivity index (χ3v) is 6.01. The average Bonchev–Trinajstić information content (AvgIpc) is 2.78. The Balaban J connectivity index is 1.49. The Labute approximate surface area is 179 Å². The van der Waals surface area contributed by atoms with Crippen molar-refractivity contribution in [2.24, 2.45) is 11.8 Å². The highest BCUT2D eigenvalue weighted by Crippen LogP contribution is 2.26. The van der Waals surface area contributed by atoms with Crippen molar-refractivity contribution in [2.75, 3.05) is 49.5 Å². The molecule has 0 radical (unpaired) electrons. The quantitative estimate of drug-likeness (QED) is 0.651. The smallest absolute Gasteiger partial charge is 0.310 e. The molecule has 0 bridgehead atoms. The second-order valence-corrected chi connectivity index (χ2v) is 8.22. The molecule has 8 heteroatoms. The largest absolute Gasteiger partial charge is 0.466 e. The zero-order valence-corrected chi connectivity index (χ0v) is 18.3. The lowest BCUT2D eigenvalue weighted by Crippen LogP contribution is -2.43. The van der Waals surface area contributed by atoms with Gasteiger partial charge in [0.05, 0.1) is 12.5 Å². The molecule has 3 rings (SSSR count). The number of carbonyl (C=O) groups is 2. The maximum Gasteiger partial charge on any atom is 0.310 e. The van der Waals surface area contributed by atoms with Crippen LogP contribution in [0.3, 0.4) is 0 Å². The van der Waals surface area contributed by atoms with Gasteiger partial charge in [-0.3, -0.25) is 9.59 Å². The van der Waals surface area contributed by atoms with Crippen molar-refractivity contribution in [1.82, 2.24) is 14.9 Å². The Kier molecular flexibility index (Phi) is 8.28. The Morgan fingerprint density at radius 3 is 2.80 bits per heavy atom. The molecule has 1 N–H and O–H groups in total. The zero-order chi connectivity index (χ0) is 21.3. The predicted molar refractivity (Wildman–Crippen MR) is 116 cm³/mol. The molecule has 2 fully saturated rings. The summed E-state index contributed by atoms with van der Waals surface area (Å²) in [4.78, 5) is 37.7. The third kappa shape index (κ3) is 6.06. The van der Waals surface area contributed by atoms with Crippen molar-refractivity contribution in [3.63, 3.8) is 0 Å². The van der Waals surface area contributed by atoms with Gasteiger partial charge in [0.1, 0.15) is 18.0 Å². The fourth-order valence-corrected chi connectivity index (χ4v) is 4.45. The van der Waals surface area contributed by atoms with Crippen LogP contribution >= 0.6 is 0 Å². The zero-order valence-electron chi connectivity index (χ0n) is 18.3. The lowest BCUT2D eigenvalue weighted by Gasteiger charge is -2.35. The third-order valence-electron chi connectivity index (χ3n) is 6.01. The second kappa shape index (κ2) is 11.1. The minimum Gasteiger partial charge on any atom is -0.466 e. The lowest BCUT2D eigenvalue weighted by molar-refractivity contribution is -0.151. The number of aromatic nitrogens is 2. The number of anilines is 2. The van der Waals surface area contributed by atoms with E-state index in [-0.39, 0.29) is 17.8 Å². The number of amides is 1. The van der Waals surface area contributed by atoms with Crippen molar-refractivity contribution < 1.29 is 14.3 Å². The van der Waals surface area contributed by atoms with Crippen LogP contribution in [0.1, 0.15) is 52.4 Å². The van der Waals surface area contributed by atoms with Gasteiger partial charge in [0.25, 0.3) is 0 Å². The summed E-state index contributed by atoms with van der Waals surface area (Å²) in [5.74, 6) is 2.10. The fourth-order valence-electron chi connectivity index (χ4n) is 4.45. The van der Waals surface area contributed by atoms with Crippen LogP contribution in [0.2, 0.25) is 0 Å². The summed E-state index contributed by atoms with van der Waals surface area (Å²) < 4.78 is 5.14. The van der Waals surface area contributed by atoms with Gasteiger partial charge in [-0.15, -0.1) is 0 Å². The molecule has 1 amide bonds. The molecule has 0 saturated carbocycles. The number of piperidine rings is 2. The van der Waals surface area contributed by atoms with E-state index in [1.54, 1.807) is 6.33 Å². The van der Waals surface area contributed by atoms with Gasteiger partial charge in [0.15, 0.2) is 0 Å². The molecule has 3 heterocycles. The number of nitrogens with one attached hydrogen (secondary N) is 1. The van der Waals surface area contributed by atoms with Crippen LogP contribution < -0.4 is 10.2 Å². The minimum absolute atomic E-state index is 0.164. The van der Waals surface area contributed by atoms with E-state index in [0.29, 0.717) is 25.5 Å². The van der Waals surface area contributed by atoms with E-state index < -0.39 is 0 Å². The van der Waals surface area contributed by atoms with Gasteiger partial charge in [0, 0.05) is 45.2 Å². The van der Waals surface area contributed by atoms with Gasteiger partial charge < -0.3 is 19.9 Å². The van der Waals surface area contributed by atoms with Crippen LogP contribution in [0.4, 0.5) is 11.6 Å². The molecule has 2 saturated heterocycles. The highest BCUT2D eigenvalue weighted by Gasteiger charge is 2.30. The molecular formula is C22H35N5O3. The molecule has 30 heavy (non-hydrogen) atoms. The van der Waals surface area contributed by atoms with Gasteiger partial charge >= 0.3 is 5.97 Å². The summed E-state index contributed by atoms with van der Waals surface area (Å²) in [7, 11) is 0. The van der Waals surface area contributed by atoms with E-state index >= 15 is 0 Å². The van der Waals surface area contributed by atoms with Crippen LogP contribution in [0.5, 0.6) is 0 Å². The van der Waals surface area contributed by atoms with E-state index in [1.807, 2.05) is 24.8 Å². The van der Waals surface area contributed by atoms with Crippen LogP contribution in [0.25, 0.3) is 0 Å². The summed E-state index contributed by atoms with van der Waals surface area (Å²) in [6.07, 6.45) is 6.95. The number of ether oxygens (including phenoxy) is 1. The minimum atomic E-state index is -0.170. The summed E-state index contributed by atoms with van der Waals surface area (Å²) in [5, 5.41) is 3.23. The van der Waals surface area contributed by atoms with Crippen molar-refractivity contribution in [1.29, 1.82) is 0 Å². The normalized spacial score (nSPS) is 21.9. The number of esters is 1. The fraction of sp³-hybridized carbons (Fsp3) is 0.727. The van der Waals surface area contributed by atoms with Crippen molar-refractivity contribution in [2.45, 2.75) is 52.4 Å². The van der Waals surface area contributed by atoms with Crippen molar-refractivity contribution >= 4 is 23.5 Å². The SMILES string of the molecule is CCNc1cc(N2CCCC(CCC(=O)N3CCCC(C(=O)OCC)C3)C2)ncn1. The molecule has 2 atom stereocenters. The van der Waals surface area contributed by atoms with E-state index in [0.717, 1.165) is 69.9 Å². The van der Waals surface area contributed by atoms with Gasteiger partial charge in [-0.1, -0.05) is 0 Å². The number of hydrogen-bond donors (Lipinski definition) is 1. The second-order valence-electron chi connectivity index (χ2n) is 8.22. The van der Waals surface area contributed by atoms with Gasteiger partial charge in [0.2, 0.25) is 5.91 Å². The van der Waals surface area contributed by atoms with Crippen molar-refractivity contribution in [3.8, 4) is 0 Å². The molecule has 8 nitrogen and oxygen atoms in total. The molecule has 0 aromatic carbocycles. The Morgan fingerprint density at radius 2 is 2.00 bits per heavy atom. The van der Waals surface area contributed by atoms with E-state index in [4.69, 9.17) is 4.74 Å². The molecule has 1 aromatic heterocycles. The first kappa shape index (κ1) is 22.3. The molecule has 166 valence electrons. The summed E-state index contributed by atoms with van der Waals surface area (Å²) in [6.45, 7) is 8.25. The van der Waals surface area contributed by atoms with Crippen LogP contribution in [-0.2, 0) is 14.3 Å². The van der Waals surface area contributed by atoms with E-state index in [9.17, 15) is 9.59 Å². The molecule has 0 aliphatic carbocycles. The summed E-state index contributed by atoms with van der Waals surface area (Å²) >= 11 is 0. The number of hydrogen-bond acceptors (Lipinski definition) is 7. The number of rotatable bonds is 8. The summed E-state index contributed by atoms with van der Waals surface area (Å²) in [6, 6.07) is 2.00. The maximum atomic E-state index is 12.8. The molecule has 2 unspecified atom stereocenters. The van der Waals surface area contributed by atoms with E-state index in [1.165, 1.54) is 0 Å². The van der Waals surface area contributed by atoms with Gasteiger partial charge in [-0.2, -0.15) is 0 Å². The number of likely N-dealkylation sites (tertiary alicyclic amines) is 1. The van der Waals surface area contributed by atoms with Crippen molar-refractivity contribution in [3.05, 3.63) is 12.4 Å². The monoisotopic (exact) mass is 417 g/mol. The molecular weight excluding hydrogens is 382 g/mol. The Bertz CT molecular complexity index is 714. The first-order chi connectivity index (χ1) is 14.6. The van der Waals surface area contributed by atoms with Crippen LogP contribution in [0, 0.1) is 11.8 Å². The van der Waals surface area contributed by atoms with Crippen LogP contribution in [-0.4, -0.2) is 66.1 Å². The standard InChI is InChI=1S/C22H35N5O3/c1-3-23-19-13-20(25-16-24-19)26-11-5-7-17(14-26)9-10-21(28)27-12-6-8-18(15-27)22(29)30-4-2/h13,16-18H,3-12,14-15H2,1-2H3,(H,23,24,25). The molecule has 2 aliphatic heterocycles. The Morgan fingerprint density at radius 1 is 1.17 bits per heavy atom. The Hall–Kier alpha value is -2.38. The number of nitrogens with zero attached hydrogens (tertiary/aromatic N) is 4. The number of carbonyl (C=O) groups excluding carboxylic acids is 2. The summed E-state index contributed by atoms with van der Waals surface area (Å²) in [5.41, 5.74) is 0. The molecule has 2 aliphatic rings. The van der Waals surface area contributed by atoms with Gasteiger partial charge in [-0.25, -0.2) is 9.97 Å². The first-order valence-electron chi connectivity index (χ1n) is 11.4. The lowest BCUT2D eigenvalue weighted by atomic mass is 9.92. The van der Waals surface area contributed by atoms with E-state index in [2.05, 4.69) is 20.2 Å². The molecule has 1 aromatic rings. The van der Waals surface area contributed by atoms with Crippen LogP contribution in [0.15, 0.2) is 12.4 Å². The predicted octanol–water partition coefficient (Wildman–Crippen LogP) is 2.71. The maximum absolute atomic E-state index is 12.8. The first-order valence-corrected chi connectivity index (χ1v) is 11.4. The molecule has 0 spiro atoms.